The van der Waals surface area contributed by atoms with Crippen LogP contribution in [0, 0.1) is 0 Å². The Kier molecular flexibility index (Phi) is 4.79. The third-order valence-corrected chi connectivity index (χ3v) is 3.11. The maximum Gasteiger partial charge on any atom is 0.408 e. The highest BCUT2D eigenvalue weighted by molar-refractivity contribution is 5.80. The zero-order valence-electron chi connectivity index (χ0n) is 11.7. The maximum absolute atomic E-state index is 11.6. The van der Waals surface area contributed by atoms with Crippen LogP contribution in [0.2, 0.25) is 0 Å². The second-order valence-corrected chi connectivity index (χ2v) is 6.17. The first kappa shape index (κ1) is 15.8. The summed E-state index contributed by atoms with van der Waals surface area (Å²) in [4.78, 5) is 22.7. The van der Waals surface area contributed by atoms with Crippen molar-refractivity contribution in [3.05, 3.63) is 0 Å². The van der Waals surface area contributed by atoms with Crippen molar-refractivity contribution in [2.75, 3.05) is 0 Å². The Morgan fingerprint density at radius 2 is 1.84 bits per heavy atom. The summed E-state index contributed by atoms with van der Waals surface area (Å²) in [5, 5.41) is 21.6. The minimum atomic E-state index is -1.16. The van der Waals surface area contributed by atoms with Crippen LogP contribution in [0.15, 0.2) is 0 Å². The number of hydrogen-bond acceptors (Lipinski definition) is 4. The molecule has 0 radical (unpaired) electrons. The number of aliphatic carboxylic acids is 1. The van der Waals surface area contributed by atoms with E-state index in [4.69, 9.17) is 9.84 Å². The molecule has 19 heavy (non-hydrogen) atoms. The SMILES string of the molecule is CC(C)(C)OC(=O)NC(CC1(O)CCCC1)C(=O)O. The molecule has 0 heterocycles. The predicted molar refractivity (Wildman–Crippen MR) is 68.8 cm³/mol. The first-order valence-electron chi connectivity index (χ1n) is 6.56. The number of rotatable bonds is 4. The molecule has 1 atom stereocenters. The number of carboxylic acid groups (broad SMARTS) is 1. The Hall–Kier alpha value is -1.30. The highest BCUT2D eigenvalue weighted by Crippen LogP contribution is 2.33. The average Bonchev–Trinajstić information content (AvgIpc) is 2.61. The zero-order valence-corrected chi connectivity index (χ0v) is 11.7. The zero-order chi connectivity index (χ0) is 14.7. The largest absolute Gasteiger partial charge is 0.480 e. The van der Waals surface area contributed by atoms with Crippen LogP contribution in [0.3, 0.4) is 0 Å². The number of aliphatic hydroxyl groups is 1. The summed E-state index contributed by atoms with van der Waals surface area (Å²) in [6, 6.07) is -1.13. The molecule has 1 rings (SSSR count). The van der Waals surface area contributed by atoms with Gasteiger partial charge in [0, 0.05) is 6.42 Å². The molecular formula is C13H23NO5. The quantitative estimate of drug-likeness (QED) is 0.724. The molecule has 1 aliphatic rings. The lowest BCUT2D eigenvalue weighted by molar-refractivity contribution is -0.141. The topological polar surface area (TPSA) is 95.9 Å². The van der Waals surface area contributed by atoms with Crippen molar-refractivity contribution in [1.82, 2.24) is 5.32 Å². The molecule has 0 aromatic rings. The molecule has 1 fully saturated rings. The number of alkyl carbamates (subject to hydrolysis) is 1. The van der Waals surface area contributed by atoms with E-state index in [9.17, 15) is 14.7 Å². The van der Waals surface area contributed by atoms with Crippen LogP contribution in [0.5, 0.6) is 0 Å². The van der Waals surface area contributed by atoms with Crippen LogP contribution in [0.25, 0.3) is 0 Å². The van der Waals surface area contributed by atoms with Crippen LogP contribution in [0.4, 0.5) is 4.79 Å². The van der Waals surface area contributed by atoms with E-state index in [1.165, 1.54) is 0 Å². The van der Waals surface area contributed by atoms with E-state index in [-0.39, 0.29) is 6.42 Å². The van der Waals surface area contributed by atoms with Gasteiger partial charge in [-0.3, -0.25) is 0 Å². The van der Waals surface area contributed by atoms with E-state index in [1.54, 1.807) is 20.8 Å². The molecule has 0 bridgehead atoms. The molecular weight excluding hydrogens is 250 g/mol. The van der Waals surface area contributed by atoms with E-state index in [0.717, 1.165) is 12.8 Å². The number of carbonyl (C=O) groups is 2. The lowest BCUT2D eigenvalue weighted by Crippen LogP contribution is -2.47. The van der Waals surface area contributed by atoms with Crippen molar-refractivity contribution in [2.24, 2.45) is 0 Å². The number of ether oxygens (including phenoxy) is 1. The summed E-state index contributed by atoms with van der Waals surface area (Å²) in [6.45, 7) is 5.10. The first-order chi connectivity index (χ1) is 8.61. The van der Waals surface area contributed by atoms with Crippen molar-refractivity contribution in [3.63, 3.8) is 0 Å². The van der Waals surface area contributed by atoms with Gasteiger partial charge in [0.2, 0.25) is 0 Å². The smallest absolute Gasteiger partial charge is 0.408 e. The fourth-order valence-corrected chi connectivity index (χ4v) is 2.27. The van der Waals surface area contributed by atoms with Gasteiger partial charge in [-0.15, -0.1) is 0 Å². The average molecular weight is 273 g/mol. The Bertz CT molecular complexity index is 341. The molecule has 0 spiro atoms. The van der Waals surface area contributed by atoms with Crippen molar-refractivity contribution >= 4 is 12.1 Å². The predicted octanol–water partition coefficient (Wildman–Crippen LogP) is 1.66. The van der Waals surface area contributed by atoms with Gasteiger partial charge < -0.3 is 20.3 Å². The van der Waals surface area contributed by atoms with Gasteiger partial charge in [0.1, 0.15) is 11.6 Å². The maximum atomic E-state index is 11.6. The van der Waals surface area contributed by atoms with Gasteiger partial charge >= 0.3 is 12.1 Å². The molecule has 6 nitrogen and oxygen atoms in total. The molecule has 110 valence electrons. The van der Waals surface area contributed by atoms with Crippen LogP contribution in [0.1, 0.15) is 52.9 Å². The van der Waals surface area contributed by atoms with Gasteiger partial charge in [0.15, 0.2) is 0 Å². The summed E-state index contributed by atoms with van der Waals surface area (Å²) >= 11 is 0. The van der Waals surface area contributed by atoms with Crippen molar-refractivity contribution < 1.29 is 24.5 Å². The van der Waals surface area contributed by atoms with E-state index in [2.05, 4.69) is 5.32 Å². The number of amides is 1. The fraction of sp³-hybridized carbons (Fsp3) is 0.846. The molecule has 1 aliphatic carbocycles. The molecule has 6 heteroatoms. The molecule has 0 aromatic heterocycles. The highest BCUT2D eigenvalue weighted by atomic mass is 16.6. The van der Waals surface area contributed by atoms with Crippen LogP contribution < -0.4 is 5.32 Å². The van der Waals surface area contributed by atoms with Crippen LogP contribution >= 0.6 is 0 Å². The van der Waals surface area contributed by atoms with E-state index < -0.39 is 29.3 Å². The summed E-state index contributed by atoms with van der Waals surface area (Å²) in [5.41, 5.74) is -1.67. The number of carboxylic acids is 1. The van der Waals surface area contributed by atoms with Gasteiger partial charge in [-0.25, -0.2) is 9.59 Å². The first-order valence-corrected chi connectivity index (χ1v) is 6.56. The van der Waals surface area contributed by atoms with E-state index >= 15 is 0 Å². The summed E-state index contributed by atoms with van der Waals surface area (Å²) in [5.74, 6) is -1.16. The second-order valence-electron chi connectivity index (χ2n) is 6.17. The molecule has 1 unspecified atom stereocenters. The molecule has 1 saturated carbocycles. The molecule has 0 aliphatic heterocycles. The highest BCUT2D eigenvalue weighted by Gasteiger charge is 2.37. The Labute approximate surface area is 113 Å². The number of nitrogens with one attached hydrogen (secondary N) is 1. The normalized spacial score (nSPS) is 19.8. The lowest BCUT2D eigenvalue weighted by Gasteiger charge is -2.27. The molecule has 0 saturated heterocycles. The second kappa shape index (κ2) is 5.77. The standard InChI is InChI=1S/C13H23NO5/c1-12(2,3)19-11(17)14-9(10(15)16)8-13(18)6-4-5-7-13/h9,18H,4-8H2,1-3H3,(H,14,17)(H,15,16). The Morgan fingerprint density at radius 3 is 2.26 bits per heavy atom. The Morgan fingerprint density at radius 1 is 1.32 bits per heavy atom. The van der Waals surface area contributed by atoms with Crippen LogP contribution in [-0.4, -0.2) is 39.5 Å². The summed E-state index contributed by atoms with van der Waals surface area (Å²) in [7, 11) is 0. The van der Waals surface area contributed by atoms with Gasteiger partial charge in [-0.05, 0) is 33.6 Å². The molecule has 3 N–H and O–H groups in total. The molecule has 1 amide bonds. The minimum absolute atomic E-state index is 0.0155. The third-order valence-electron chi connectivity index (χ3n) is 3.11. The lowest BCUT2D eigenvalue weighted by atomic mass is 9.93. The van der Waals surface area contributed by atoms with Gasteiger partial charge in [0.25, 0.3) is 0 Å². The summed E-state index contributed by atoms with van der Waals surface area (Å²) < 4.78 is 5.02. The summed E-state index contributed by atoms with van der Waals surface area (Å²) in [6.07, 6.45) is 2.16. The van der Waals surface area contributed by atoms with Gasteiger partial charge in [0.05, 0.1) is 5.60 Å². The molecule has 0 aromatic carbocycles. The Balaban J connectivity index is 2.58. The third kappa shape index (κ3) is 5.46. The monoisotopic (exact) mass is 273 g/mol. The van der Waals surface area contributed by atoms with Crippen molar-refractivity contribution in [1.29, 1.82) is 0 Å². The number of carbonyl (C=O) groups excluding carboxylic acids is 1. The fourth-order valence-electron chi connectivity index (χ4n) is 2.27. The van der Waals surface area contributed by atoms with Crippen LogP contribution in [-0.2, 0) is 9.53 Å². The minimum Gasteiger partial charge on any atom is -0.480 e. The van der Waals surface area contributed by atoms with E-state index in [0.29, 0.717) is 12.8 Å². The van der Waals surface area contributed by atoms with Gasteiger partial charge in [-0.2, -0.15) is 0 Å². The van der Waals surface area contributed by atoms with E-state index in [1.807, 2.05) is 0 Å². The van der Waals surface area contributed by atoms with Crippen molar-refractivity contribution in [2.45, 2.75) is 70.1 Å². The van der Waals surface area contributed by atoms with Gasteiger partial charge in [-0.1, -0.05) is 12.8 Å². The number of hydrogen-bond donors (Lipinski definition) is 3. The van der Waals surface area contributed by atoms with Crippen molar-refractivity contribution in [3.8, 4) is 0 Å².